The van der Waals surface area contributed by atoms with E-state index in [2.05, 4.69) is 67.1 Å². The highest BCUT2D eigenvalue weighted by Crippen LogP contribution is 2.24. The van der Waals surface area contributed by atoms with E-state index in [4.69, 9.17) is 4.99 Å². The Kier molecular flexibility index (Phi) is 8.19. The van der Waals surface area contributed by atoms with Crippen LogP contribution in [0.5, 0.6) is 0 Å². The molecule has 0 radical (unpaired) electrons. The summed E-state index contributed by atoms with van der Waals surface area (Å²) in [6.07, 6.45) is 6.62. The van der Waals surface area contributed by atoms with Crippen LogP contribution in [0.4, 0.5) is 0 Å². The van der Waals surface area contributed by atoms with Crippen LogP contribution in [0.25, 0.3) is 0 Å². The van der Waals surface area contributed by atoms with Crippen LogP contribution in [0, 0.1) is 5.92 Å². The lowest BCUT2D eigenvalue weighted by Gasteiger charge is -2.34. The Morgan fingerprint density at radius 2 is 2.00 bits per heavy atom. The van der Waals surface area contributed by atoms with Crippen molar-refractivity contribution in [1.82, 2.24) is 15.5 Å². The minimum Gasteiger partial charge on any atom is -0.383 e. The van der Waals surface area contributed by atoms with Crippen LogP contribution >= 0.6 is 11.8 Å². The SMILES string of the molecule is C/C=C1/NCCSC(C)CC(C)C(N2CCNCC2)=N/C1=C/CC. The Morgan fingerprint density at radius 1 is 1.25 bits per heavy atom. The van der Waals surface area contributed by atoms with E-state index < -0.39 is 0 Å². The highest BCUT2D eigenvalue weighted by Gasteiger charge is 2.23. The van der Waals surface area contributed by atoms with Gasteiger partial charge in [-0.05, 0) is 19.8 Å². The van der Waals surface area contributed by atoms with Gasteiger partial charge in [-0.15, -0.1) is 0 Å². The zero-order chi connectivity index (χ0) is 17.4. The fourth-order valence-electron chi connectivity index (χ4n) is 3.38. The molecule has 2 N–H and O–H groups in total. The number of hydrogen-bond donors (Lipinski definition) is 2. The first-order chi connectivity index (χ1) is 11.7. The lowest BCUT2D eigenvalue weighted by molar-refractivity contribution is 0.339. The van der Waals surface area contributed by atoms with Crippen LogP contribution in [0.15, 0.2) is 28.5 Å². The largest absolute Gasteiger partial charge is 0.383 e. The number of rotatable bonds is 1. The van der Waals surface area contributed by atoms with Crippen molar-refractivity contribution in [2.45, 2.75) is 45.8 Å². The summed E-state index contributed by atoms with van der Waals surface area (Å²) in [5.74, 6) is 2.90. The zero-order valence-electron chi connectivity index (χ0n) is 15.8. The van der Waals surface area contributed by atoms with Crippen molar-refractivity contribution in [3.05, 3.63) is 23.5 Å². The molecular formula is C19H34N4S. The molecule has 0 aromatic carbocycles. The van der Waals surface area contributed by atoms with Crippen molar-refractivity contribution >= 4 is 17.6 Å². The minimum absolute atomic E-state index is 0.488. The Balaban J connectivity index is 2.37. The third-order valence-corrected chi connectivity index (χ3v) is 5.79. The maximum absolute atomic E-state index is 5.20. The molecule has 1 fully saturated rings. The van der Waals surface area contributed by atoms with Gasteiger partial charge in [0, 0.05) is 49.6 Å². The Labute approximate surface area is 152 Å². The molecule has 0 amide bonds. The summed E-state index contributed by atoms with van der Waals surface area (Å²) in [5.41, 5.74) is 2.28. The summed E-state index contributed by atoms with van der Waals surface area (Å²) < 4.78 is 0. The van der Waals surface area contributed by atoms with E-state index in [9.17, 15) is 0 Å². The number of piperazine rings is 1. The first-order valence-corrected chi connectivity index (χ1v) is 10.5. The zero-order valence-corrected chi connectivity index (χ0v) is 16.6. The second kappa shape index (κ2) is 10.1. The highest BCUT2D eigenvalue weighted by atomic mass is 32.2. The smallest absolute Gasteiger partial charge is 0.108 e. The Bertz CT molecular complexity index is 478. The van der Waals surface area contributed by atoms with Crippen LogP contribution in [-0.4, -0.2) is 54.5 Å². The van der Waals surface area contributed by atoms with E-state index in [0.717, 1.165) is 50.6 Å². The van der Waals surface area contributed by atoms with Crippen molar-refractivity contribution in [1.29, 1.82) is 0 Å². The maximum atomic E-state index is 5.20. The van der Waals surface area contributed by atoms with Crippen molar-refractivity contribution < 1.29 is 0 Å². The predicted molar refractivity (Wildman–Crippen MR) is 108 cm³/mol. The van der Waals surface area contributed by atoms with Gasteiger partial charge in [-0.1, -0.05) is 32.9 Å². The standard InChI is InChI=1S/C19H34N4S/c1-5-7-18-17(6-2)21-10-13-24-16(4)14-15(3)19(22-18)23-11-8-20-9-12-23/h6-7,15-16,20-21H,5,8-14H2,1-4H3/b17-6+,18-7+,22-19?. The third kappa shape index (κ3) is 5.55. The molecule has 0 bridgehead atoms. The third-order valence-electron chi connectivity index (χ3n) is 4.58. The molecule has 0 aromatic rings. The molecule has 4 nitrogen and oxygen atoms in total. The van der Waals surface area contributed by atoms with Gasteiger partial charge in [0.25, 0.3) is 0 Å². The lowest BCUT2D eigenvalue weighted by atomic mass is 10.0. The monoisotopic (exact) mass is 350 g/mol. The predicted octanol–water partition coefficient (Wildman–Crippen LogP) is 3.24. The van der Waals surface area contributed by atoms with E-state index in [1.165, 1.54) is 18.0 Å². The quantitative estimate of drug-likeness (QED) is 0.762. The maximum Gasteiger partial charge on any atom is 0.108 e. The summed E-state index contributed by atoms with van der Waals surface area (Å²) in [6, 6.07) is 0. The van der Waals surface area contributed by atoms with Crippen molar-refractivity contribution in [3.63, 3.8) is 0 Å². The number of amidine groups is 1. The molecule has 2 unspecified atom stereocenters. The van der Waals surface area contributed by atoms with Crippen LogP contribution < -0.4 is 10.6 Å². The average Bonchev–Trinajstić information content (AvgIpc) is 2.61. The topological polar surface area (TPSA) is 39.7 Å². The number of nitrogens with zero attached hydrogens (tertiary/aromatic N) is 2. The molecule has 0 spiro atoms. The molecule has 0 saturated carbocycles. The number of allylic oxidation sites excluding steroid dienone is 2. The molecule has 1 saturated heterocycles. The summed E-state index contributed by atoms with van der Waals surface area (Å²) in [7, 11) is 0. The molecule has 2 aliphatic heterocycles. The van der Waals surface area contributed by atoms with Crippen molar-refractivity contribution in [2.75, 3.05) is 38.5 Å². The molecule has 0 aliphatic carbocycles. The fraction of sp³-hybridized carbons (Fsp3) is 0.737. The van der Waals surface area contributed by atoms with Crippen LogP contribution in [0.1, 0.15) is 40.5 Å². The lowest BCUT2D eigenvalue weighted by Crippen LogP contribution is -2.48. The summed E-state index contributed by atoms with van der Waals surface area (Å²) >= 11 is 2.07. The van der Waals surface area contributed by atoms with E-state index in [0.29, 0.717) is 11.2 Å². The van der Waals surface area contributed by atoms with Crippen LogP contribution in [-0.2, 0) is 0 Å². The Morgan fingerprint density at radius 3 is 2.67 bits per heavy atom. The minimum atomic E-state index is 0.488. The first kappa shape index (κ1) is 19.4. The molecule has 2 aliphatic rings. The first-order valence-electron chi connectivity index (χ1n) is 9.42. The van der Waals surface area contributed by atoms with Crippen molar-refractivity contribution in [3.8, 4) is 0 Å². The van der Waals surface area contributed by atoms with E-state index >= 15 is 0 Å². The molecule has 24 heavy (non-hydrogen) atoms. The van der Waals surface area contributed by atoms with Crippen LogP contribution in [0.2, 0.25) is 0 Å². The van der Waals surface area contributed by atoms with E-state index in [1.54, 1.807) is 0 Å². The Hall–Kier alpha value is -0.940. The van der Waals surface area contributed by atoms with Crippen molar-refractivity contribution in [2.24, 2.45) is 10.9 Å². The van der Waals surface area contributed by atoms with Gasteiger partial charge in [0.15, 0.2) is 0 Å². The van der Waals surface area contributed by atoms with E-state index in [-0.39, 0.29) is 0 Å². The van der Waals surface area contributed by atoms with Gasteiger partial charge < -0.3 is 15.5 Å². The number of hydrogen-bond acceptors (Lipinski definition) is 5. The number of nitrogens with one attached hydrogen (secondary N) is 2. The van der Waals surface area contributed by atoms with Gasteiger partial charge in [0.2, 0.25) is 0 Å². The highest BCUT2D eigenvalue weighted by molar-refractivity contribution is 7.99. The molecule has 136 valence electrons. The van der Waals surface area contributed by atoms with Gasteiger partial charge in [-0.3, -0.25) is 0 Å². The summed E-state index contributed by atoms with van der Waals surface area (Å²) in [4.78, 5) is 7.69. The summed E-state index contributed by atoms with van der Waals surface area (Å²) in [6.45, 7) is 14.2. The summed E-state index contributed by atoms with van der Waals surface area (Å²) in [5, 5.41) is 7.72. The van der Waals surface area contributed by atoms with E-state index in [1.807, 2.05) is 0 Å². The molecule has 5 heteroatoms. The van der Waals surface area contributed by atoms with Gasteiger partial charge in [-0.2, -0.15) is 11.8 Å². The van der Waals surface area contributed by atoms with Gasteiger partial charge in [0.05, 0.1) is 11.4 Å². The molecule has 2 atom stereocenters. The second-order valence-corrected chi connectivity index (χ2v) is 8.20. The average molecular weight is 351 g/mol. The van der Waals surface area contributed by atoms with Gasteiger partial charge >= 0.3 is 0 Å². The molecule has 2 rings (SSSR count). The normalized spacial score (nSPS) is 30.7. The van der Waals surface area contributed by atoms with Gasteiger partial charge in [0.1, 0.15) is 5.84 Å². The number of aliphatic imine (C=N–C) groups is 1. The fourth-order valence-corrected chi connectivity index (χ4v) is 4.42. The molecule has 2 heterocycles. The number of thioether (sulfide) groups is 1. The molecule has 0 aromatic heterocycles. The van der Waals surface area contributed by atoms with Crippen LogP contribution in [0.3, 0.4) is 0 Å². The second-order valence-electron chi connectivity index (χ2n) is 6.65. The molecular weight excluding hydrogens is 316 g/mol. The van der Waals surface area contributed by atoms with Gasteiger partial charge in [-0.25, -0.2) is 4.99 Å².